The number of nitrogens with zero attached hydrogens (tertiary/aromatic N) is 3. The molecule has 30 heavy (non-hydrogen) atoms. The van der Waals surface area contributed by atoms with Crippen molar-refractivity contribution in [2.24, 2.45) is 0 Å². The molecule has 0 aliphatic carbocycles. The van der Waals surface area contributed by atoms with Crippen molar-refractivity contribution in [3.05, 3.63) is 89.1 Å². The average Bonchev–Trinajstić information content (AvgIpc) is 3.09. The summed E-state index contributed by atoms with van der Waals surface area (Å²) in [6.07, 6.45) is 0. The normalized spacial score (nSPS) is 13.5. The van der Waals surface area contributed by atoms with Crippen LogP contribution >= 0.6 is 0 Å². The van der Waals surface area contributed by atoms with E-state index in [0.717, 1.165) is 16.7 Å². The molecule has 3 aromatic rings. The second-order valence-corrected chi connectivity index (χ2v) is 7.25. The molecule has 2 heterocycles. The summed E-state index contributed by atoms with van der Waals surface area (Å²) in [5, 5.41) is 11.9. The zero-order valence-corrected chi connectivity index (χ0v) is 16.5. The standard InChI is InChI=1S/C24H20N4O2/c1-16(18-5-3-2-4-6-18)26-22(29)15-28-14-20-11-12-21(27-23(20)24(28)30)19-9-7-17(13-25)8-10-19/h2-12,16H,14-15H2,1H3,(H,26,29)/t16-/m1/s1. The van der Waals surface area contributed by atoms with Gasteiger partial charge in [-0.1, -0.05) is 48.5 Å². The quantitative estimate of drug-likeness (QED) is 0.716. The second-order valence-electron chi connectivity index (χ2n) is 7.25. The van der Waals surface area contributed by atoms with Gasteiger partial charge in [0.1, 0.15) is 12.2 Å². The zero-order valence-electron chi connectivity index (χ0n) is 16.5. The molecule has 148 valence electrons. The highest BCUT2D eigenvalue weighted by Crippen LogP contribution is 2.25. The predicted octanol–water partition coefficient (Wildman–Crippen LogP) is 3.45. The number of amides is 2. The first-order valence-electron chi connectivity index (χ1n) is 9.69. The van der Waals surface area contributed by atoms with Crippen molar-refractivity contribution in [2.45, 2.75) is 19.5 Å². The van der Waals surface area contributed by atoms with E-state index in [1.54, 1.807) is 12.1 Å². The van der Waals surface area contributed by atoms with Gasteiger partial charge in [-0.2, -0.15) is 5.26 Å². The maximum Gasteiger partial charge on any atom is 0.273 e. The Balaban J connectivity index is 1.44. The molecule has 0 saturated heterocycles. The van der Waals surface area contributed by atoms with Gasteiger partial charge in [-0.3, -0.25) is 9.59 Å². The number of pyridine rings is 1. The lowest BCUT2D eigenvalue weighted by atomic mass is 10.1. The number of hydrogen-bond donors (Lipinski definition) is 1. The molecule has 1 aromatic heterocycles. The predicted molar refractivity (Wildman–Crippen MR) is 112 cm³/mol. The third-order valence-electron chi connectivity index (χ3n) is 5.15. The van der Waals surface area contributed by atoms with Crippen LogP contribution in [0.5, 0.6) is 0 Å². The number of hydrogen-bond acceptors (Lipinski definition) is 4. The van der Waals surface area contributed by atoms with Crippen LogP contribution in [0.3, 0.4) is 0 Å². The maximum absolute atomic E-state index is 12.8. The molecule has 1 N–H and O–H groups in total. The van der Waals surface area contributed by atoms with Gasteiger partial charge >= 0.3 is 0 Å². The lowest BCUT2D eigenvalue weighted by Gasteiger charge is -2.18. The van der Waals surface area contributed by atoms with E-state index in [4.69, 9.17) is 5.26 Å². The van der Waals surface area contributed by atoms with Gasteiger partial charge in [0.15, 0.2) is 0 Å². The molecule has 0 saturated carbocycles. The van der Waals surface area contributed by atoms with Gasteiger partial charge in [-0.25, -0.2) is 4.98 Å². The van der Waals surface area contributed by atoms with E-state index >= 15 is 0 Å². The van der Waals surface area contributed by atoms with Crippen LogP contribution in [0.15, 0.2) is 66.7 Å². The van der Waals surface area contributed by atoms with Gasteiger partial charge in [-0.15, -0.1) is 0 Å². The molecule has 1 aliphatic rings. The minimum absolute atomic E-state index is 0.0153. The lowest BCUT2D eigenvalue weighted by Crippen LogP contribution is -2.38. The summed E-state index contributed by atoms with van der Waals surface area (Å²) in [5.41, 5.74) is 4.25. The molecule has 0 bridgehead atoms. The summed E-state index contributed by atoms with van der Waals surface area (Å²) in [5.74, 6) is -0.456. The minimum atomic E-state index is -0.247. The van der Waals surface area contributed by atoms with Crippen molar-refractivity contribution in [3.8, 4) is 17.3 Å². The summed E-state index contributed by atoms with van der Waals surface area (Å²) in [4.78, 5) is 31.3. The van der Waals surface area contributed by atoms with Crippen molar-refractivity contribution in [2.75, 3.05) is 6.54 Å². The summed E-state index contributed by atoms with van der Waals surface area (Å²) in [6, 6.07) is 22.4. The number of benzene rings is 2. The number of fused-ring (bicyclic) bond motifs is 1. The molecule has 0 fully saturated rings. The van der Waals surface area contributed by atoms with Crippen molar-refractivity contribution in [1.82, 2.24) is 15.2 Å². The monoisotopic (exact) mass is 396 g/mol. The Morgan fingerprint density at radius 3 is 2.57 bits per heavy atom. The van der Waals surface area contributed by atoms with Crippen molar-refractivity contribution in [1.29, 1.82) is 5.26 Å². The zero-order chi connectivity index (χ0) is 21.1. The van der Waals surface area contributed by atoms with Crippen molar-refractivity contribution in [3.63, 3.8) is 0 Å². The summed E-state index contributed by atoms with van der Waals surface area (Å²) >= 11 is 0. The first-order valence-corrected chi connectivity index (χ1v) is 9.69. The Hall–Kier alpha value is -3.98. The molecule has 4 rings (SSSR count). The fourth-order valence-electron chi connectivity index (χ4n) is 3.52. The molecule has 0 spiro atoms. The lowest BCUT2D eigenvalue weighted by molar-refractivity contribution is -0.122. The van der Waals surface area contributed by atoms with Gasteiger partial charge in [0.25, 0.3) is 5.91 Å². The highest BCUT2D eigenvalue weighted by atomic mass is 16.2. The molecule has 6 nitrogen and oxygen atoms in total. The molecule has 2 aromatic carbocycles. The Morgan fingerprint density at radius 2 is 1.87 bits per heavy atom. The highest BCUT2D eigenvalue weighted by molar-refractivity contribution is 5.99. The molecular formula is C24H20N4O2. The van der Waals surface area contributed by atoms with E-state index in [1.807, 2.05) is 61.5 Å². The number of nitriles is 1. The number of nitrogens with one attached hydrogen (secondary N) is 1. The van der Waals surface area contributed by atoms with Crippen LogP contribution in [0.4, 0.5) is 0 Å². The molecule has 2 amide bonds. The Bertz CT molecular complexity index is 1130. The number of rotatable bonds is 5. The van der Waals surface area contributed by atoms with E-state index in [1.165, 1.54) is 4.90 Å². The molecule has 1 aliphatic heterocycles. The molecule has 0 radical (unpaired) electrons. The van der Waals surface area contributed by atoms with Crippen LogP contribution in [0.2, 0.25) is 0 Å². The van der Waals surface area contributed by atoms with E-state index in [2.05, 4.69) is 16.4 Å². The van der Waals surface area contributed by atoms with Crippen LogP contribution in [0.1, 0.15) is 40.1 Å². The molecular weight excluding hydrogens is 376 g/mol. The smallest absolute Gasteiger partial charge is 0.273 e. The van der Waals surface area contributed by atoms with Gasteiger partial charge in [0.2, 0.25) is 5.91 Å². The SMILES string of the molecule is C[C@@H](NC(=O)CN1Cc2ccc(-c3ccc(C#N)cc3)nc2C1=O)c1ccccc1. The van der Waals surface area contributed by atoms with Crippen LogP contribution in [-0.2, 0) is 11.3 Å². The second kappa shape index (κ2) is 8.18. The summed E-state index contributed by atoms with van der Waals surface area (Å²) in [6.45, 7) is 2.26. The summed E-state index contributed by atoms with van der Waals surface area (Å²) in [7, 11) is 0. The van der Waals surface area contributed by atoms with Crippen LogP contribution < -0.4 is 5.32 Å². The number of carbonyl (C=O) groups is 2. The average molecular weight is 396 g/mol. The first-order chi connectivity index (χ1) is 14.5. The first kappa shape index (κ1) is 19.3. The van der Waals surface area contributed by atoms with Gasteiger partial charge in [0, 0.05) is 17.7 Å². The molecule has 0 unspecified atom stereocenters. The van der Waals surface area contributed by atoms with Gasteiger partial charge in [-0.05, 0) is 30.7 Å². The largest absolute Gasteiger partial charge is 0.348 e. The highest BCUT2D eigenvalue weighted by Gasteiger charge is 2.30. The van der Waals surface area contributed by atoms with Crippen LogP contribution in [-0.4, -0.2) is 28.2 Å². The minimum Gasteiger partial charge on any atom is -0.348 e. The fraction of sp³-hybridized carbons (Fsp3) is 0.167. The Labute approximate surface area is 174 Å². The van der Waals surface area contributed by atoms with Crippen molar-refractivity contribution < 1.29 is 9.59 Å². The van der Waals surface area contributed by atoms with E-state index in [-0.39, 0.29) is 24.4 Å². The van der Waals surface area contributed by atoms with E-state index in [0.29, 0.717) is 23.5 Å². The maximum atomic E-state index is 12.8. The van der Waals surface area contributed by atoms with E-state index in [9.17, 15) is 9.59 Å². The molecule has 1 atom stereocenters. The fourth-order valence-corrected chi connectivity index (χ4v) is 3.52. The van der Waals surface area contributed by atoms with Gasteiger partial charge in [0.05, 0.1) is 23.4 Å². The number of aromatic nitrogens is 1. The Kier molecular flexibility index (Phi) is 5.27. The molecule has 6 heteroatoms. The van der Waals surface area contributed by atoms with Gasteiger partial charge < -0.3 is 10.2 Å². The van der Waals surface area contributed by atoms with Crippen LogP contribution in [0, 0.1) is 11.3 Å². The topological polar surface area (TPSA) is 86.1 Å². The van der Waals surface area contributed by atoms with E-state index < -0.39 is 0 Å². The number of carbonyl (C=O) groups excluding carboxylic acids is 2. The summed E-state index contributed by atoms with van der Waals surface area (Å²) < 4.78 is 0. The van der Waals surface area contributed by atoms with Crippen molar-refractivity contribution >= 4 is 11.8 Å². The Morgan fingerprint density at radius 1 is 1.13 bits per heavy atom. The van der Waals surface area contributed by atoms with Crippen LogP contribution in [0.25, 0.3) is 11.3 Å². The third-order valence-corrected chi connectivity index (χ3v) is 5.15. The third kappa shape index (κ3) is 3.91.